The van der Waals surface area contributed by atoms with E-state index in [2.05, 4.69) is 5.32 Å². The van der Waals surface area contributed by atoms with Crippen LogP contribution in [-0.4, -0.2) is 50.2 Å². The van der Waals surface area contributed by atoms with Gasteiger partial charge in [0.2, 0.25) is 5.91 Å². The molecule has 1 aliphatic rings. The standard InChI is InChI=1S/C22H23ClN2O6S/c1-3-10-25-18-11-15(4-9-19(18)31-12-21(25)27)22(28)14(2)32(29,30)13-20(26)24-17-7-5-16(23)6-8-17/h4-9,11,14H,3,10,12-13H2,1-2H3,(H,24,26). The third-order valence-electron chi connectivity index (χ3n) is 5.00. The zero-order valence-corrected chi connectivity index (χ0v) is 19.2. The number of benzene rings is 2. The summed E-state index contributed by atoms with van der Waals surface area (Å²) in [5, 5.41) is 1.50. The van der Waals surface area contributed by atoms with E-state index in [1.54, 1.807) is 30.3 Å². The lowest BCUT2D eigenvalue weighted by Gasteiger charge is -2.29. The van der Waals surface area contributed by atoms with Crippen LogP contribution in [-0.2, 0) is 19.4 Å². The highest BCUT2D eigenvalue weighted by Crippen LogP contribution is 2.33. The first-order chi connectivity index (χ1) is 15.1. The number of anilines is 2. The van der Waals surface area contributed by atoms with E-state index < -0.39 is 32.5 Å². The van der Waals surface area contributed by atoms with E-state index in [1.807, 2.05) is 6.92 Å². The van der Waals surface area contributed by atoms with Crippen molar-refractivity contribution in [3.8, 4) is 5.75 Å². The molecule has 0 radical (unpaired) electrons. The first-order valence-corrected chi connectivity index (χ1v) is 12.1. The lowest BCUT2D eigenvalue weighted by atomic mass is 10.1. The summed E-state index contributed by atoms with van der Waals surface area (Å²) in [7, 11) is -4.09. The molecule has 0 aromatic heterocycles. The SMILES string of the molecule is CCCN1C(=O)COc2ccc(C(=O)C(C)S(=O)(=O)CC(=O)Nc3ccc(Cl)cc3)cc21. The van der Waals surface area contributed by atoms with Crippen LogP contribution < -0.4 is 15.0 Å². The molecule has 32 heavy (non-hydrogen) atoms. The second-order valence-corrected chi connectivity index (χ2v) is 10.1. The third kappa shape index (κ3) is 5.28. The molecule has 10 heteroatoms. The van der Waals surface area contributed by atoms with Gasteiger partial charge in [0.15, 0.2) is 22.2 Å². The molecule has 2 aromatic carbocycles. The number of ketones is 1. The number of ether oxygens (including phenoxy) is 1. The number of carbonyl (C=O) groups is 3. The van der Waals surface area contributed by atoms with Crippen molar-refractivity contribution in [2.75, 3.05) is 29.1 Å². The van der Waals surface area contributed by atoms with Crippen LogP contribution in [0.4, 0.5) is 11.4 Å². The van der Waals surface area contributed by atoms with E-state index in [9.17, 15) is 22.8 Å². The molecule has 8 nitrogen and oxygen atoms in total. The summed E-state index contributed by atoms with van der Waals surface area (Å²) in [4.78, 5) is 38.9. The van der Waals surface area contributed by atoms with E-state index in [0.717, 1.165) is 0 Å². The van der Waals surface area contributed by atoms with Crippen LogP contribution in [0.25, 0.3) is 0 Å². The predicted molar refractivity (Wildman–Crippen MR) is 122 cm³/mol. The Bertz CT molecular complexity index is 1150. The number of sulfone groups is 1. The molecule has 0 saturated carbocycles. The summed E-state index contributed by atoms with van der Waals surface area (Å²) in [5.74, 6) is -2.06. The maximum Gasteiger partial charge on any atom is 0.265 e. The number of rotatable bonds is 8. The minimum atomic E-state index is -4.09. The molecule has 0 bridgehead atoms. The van der Waals surface area contributed by atoms with Gasteiger partial charge in [-0.25, -0.2) is 8.42 Å². The maximum absolute atomic E-state index is 12.9. The fraction of sp³-hybridized carbons (Fsp3) is 0.318. The van der Waals surface area contributed by atoms with Gasteiger partial charge >= 0.3 is 0 Å². The average molecular weight is 479 g/mol. The Morgan fingerprint density at radius 2 is 1.88 bits per heavy atom. The fourth-order valence-electron chi connectivity index (χ4n) is 3.26. The van der Waals surface area contributed by atoms with Crippen LogP contribution in [0.2, 0.25) is 5.02 Å². The van der Waals surface area contributed by atoms with Crippen LogP contribution in [0.3, 0.4) is 0 Å². The van der Waals surface area contributed by atoms with Gasteiger partial charge in [-0.1, -0.05) is 18.5 Å². The lowest BCUT2D eigenvalue weighted by molar-refractivity contribution is -0.121. The summed E-state index contributed by atoms with van der Waals surface area (Å²) >= 11 is 5.79. The smallest absolute Gasteiger partial charge is 0.265 e. The lowest BCUT2D eigenvalue weighted by Crippen LogP contribution is -2.39. The molecule has 170 valence electrons. The Morgan fingerprint density at radius 1 is 1.19 bits per heavy atom. The molecule has 1 atom stereocenters. The molecule has 0 aliphatic carbocycles. The Morgan fingerprint density at radius 3 is 2.53 bits per heavy atom. The van der Waals surface area contributed by atoms with Gasteiger partial charge in [-0.15, -0.1) is 0 Å². The number of hydrogen-bond donors (Lipinski definition) is 1. The predicted octanol–water partition coefficient (Wildman–Crippen LogP) is 3.10. The topological polar surface area (TPSA) is 110 Å². The molecular weight excluding hydrogens is 456 g/mol. The molecule has 0 fully saturated rings. The Balaban J connectivity index is 1.76. The quantitative estimate of drug-likeness (QED) is 0.584. The molecule has 1 aliphatic heterocycles. The molecular formula is C22H23ClN2O6S. The van der Waals surface area contributed by atoms with Crippen molar-refractivity contribution >= 4 is 50.4 Å². The van der Waals surface area contributed by atoms with E-state index in [1.165, 1.54) is 24.0 Å². The summed E-state index contributed by atoms with van der Waals surface area (Å²) in [6.45, 7) is 3.53. The van der Waals surface area contributed by atoms with Crippen molar-refractivity contribution < 1.29 is 27.5 Å². The molecule has 0 saturated heterocycles. The number of fused-ring (bicyclic) bond motifs is 1. The van der Waals surface area contributed by atoms with Gasteiger partial charge in [0.05, 0.1) is 5.69 Å². The Labute approximate surface area is 191 Å². The number of nitrogens with zero attached hydrogens (tertiary/aromatic N) is 1. The average Bonchev–Trinajstić information content (AvgIpc) is 2.75. The molecule has 0 spiro atoms. The fourth-order valence-corrected chi connectivity index (χ4v) is 4.54. The second-order valence-electron chi connectivity index (χ2n) is 7.39. The highest BCUT2D eigenvalue weighted by atomic mass is 35.5. The largest absolute Gasteiger partial charge is 0.482 e. The number of carbonyl (C=O) groups excluding carboxylic acids is 3. The van der Waals surface area contributed by atoms with Crippen molar-refractivity contribution in [3.63, 3.8) is 0 Å². The van der Waals surface area contributed by atoms with Gasteiger partial charge in [-0.3, -0.25) is 14.4 Å². The molecule has 3 rings (SSSR count). The van der Waals surface area contributed by atoms with Crippen molar-refractivity contribution in [2.24, 2.45) is 0 Å². The number of Topliss-reactive ketones (excluding diaryl/α,β-unsaturated/α-hetero) is 1. The Hall–Kier alpha value is -2.91. The van der Waals surface area contributed by atoms with Gasteiger partial charge in [-0.2, -0.15) is 0 Å². The normalized spacial score (nSPS) is 14.3. The summed E-state index contributed by atoms with van der Waals surface area (Å²) in [6, 6.07) is 10.7. The van der Waals surface area contributed by atoms with Crippen molar-refractivity contribution in [3.05, 3.63) is 53.1 Å². The van der Waals surface area contributed by atoms with E-state index in [0.29, 0.717) is 35.1 Å². The van der Waals surface area contributed by atoms with Gasteiger partial charge in [0.1, 0.15) is 16.8 Å². The van der Waals surface area contributed by atoms with Gasteiger partial charge in [-0.05, 0) is 55.8 Å². The van der Waals surface area contributed by atoms with Crippen molar-refractivity contribution in [1.82, 2.24) is 0 Å². The number of amides is 2. The van der Waals surface area contributed by atoms with E-state index >= 15 is 0 Å². The number of nitrogens with one attached hydrogen (secondary N) is 1. The van der Waals surface area contributed by atoms with Gasteiger partial charge in [0, 0.05) is 22.8 Å². The molecule has 2 aromatic rings. The van der Waals surface area contributed by atoms with Crippen molar-refractivity contribution in [2.45, 2.75) is 25.5 Å². The van der Waals surface area contributed by atoms with E-state index in [4.69, 9.17) is 16.3 Å². The van der Waals surface area contributed by atoms with Crippen LogP contribution in [0.1, 0.15) is 30.6 Å². The first kappa shape index (κ1) is 23.7. The summed E-state index contributed by atoms with van der Waals surface area (Å²) in [5.41, 5.74) is 0.945. The minimum Gasteiger partial charge on any atom is -0.482 e. The molecule has 1 N–H and O–H groups in total. The highest BCUT2D eigenvalue weighted by Gasteiger charge is 2.32. The zero-order chi connectivity index (χ0) is 23.5. The van der Waals surface area contributed by atoms with Gasteiger partial charge < -0.3 is 15.0 Å². The third-order valence-corrected chi connectivity index (χ3v) is 7.21. The van der Waals surface area contributed by atoms with Crippen LogP contribution in [0.15, 0.2) is 42.5 Å². The molecule has 1 unspecified atom stereocenters. The van der Waals surface area contributed by atoms with Crippen LogP contribution >= 0.6 is 11.6 Å². The molecule has 2 amide bonds. The first-order valence-electron chi connectivity index (χ1n) is 10.0. The monoisotopic (exact) mass is 478 g/mol. The van der Waals surface area contributed by atoms with Gasteiger partial charge in [0.25, 0.3) is 5.91 Å². The molecule has 1 heterocycles. The van der Waals surface area contributed by atoms with Crippen LogP contribution in [0.5, 0.6) is 5.75 Å². The highest BCUT2D eigenvalue weighted by molar-refractivity contribution is 7.93. The van der Waals surface area contributed by atoms with Crippen molar-refractivity contribution in [1.29, 1.82) is 0 Å². The summed E-state index contributed by atoms with van der Waals surface area (Å²) < 4.78 is 30.8. The maximum atomic E-state index is 12.9. The number of halogens is 1. The van der Waals surface area contributed by atoms with E-state index in [-0.39, 0.29) is 18.1 Å². The number of hydrogen-bond acceptors (Lipinski definition) is 6. The second kappa shape index (κ2) is 9.70. The summed E-state index contributed by atoms with van der Waals surface area (Å²) in [6.07, 6.45) is 0.705. The Kier molecular flexibility index (Phi) is 7.20. The minimum absolute atomic E-state index is 0.0895. The zero-order valence-electron chi connectivity index (χ0n) is 17.6. The van der Waals surface area contributed by atoms with Crippen LogP contribution in [0, 0.1) is 0 Å².